The van der Waals surface area contributed by atoms with Crippen LogP contribution in [0.3, 0.4) is 0 Å². The minimum Gasteiger partial charge on any atom is -0.258 e. The molecule has 13 heavy (non-hydrogen) atoms. The third-order valence-corrected chi connectivity index (χ3v) is 2.06. The topological polar surface area (TPSA) is 68.9 Å². The second-order valence-corrected chi connectivity index (χ2v) is 4.19. The van der Waals surface area contributed by atoms with Gasteiger partial charge in [-0.15, -0.1) is 0 Å². The van der Waals surface area contributed by atoms with Gasteiger partial charge < -0.3 is 0 Å². The number of nitro groups is 1. The molecule has 0 radical (unpaired) electrons. The molecule has 6 heteroatoms. The van der Waals surface area contributed by atoms with Gasteiger partial charge in [0.1, 0.15) is 12.4 Å². The molecular weight excluding hydrogens is 190 g/mol. The lowest BCUT2D eigenvalue weighted by molar-refractivity contribution is -0.385. The maximum absolute atomic E-state index is 10.3. The summed E-state index contributed by atoms with van der Waals surface area (Å²) in [5.74, 6) is 0. The Labute approximate surface area is 79.7 Å². The minimum atomic E-state index is -0.510. The van der Waals surface area contributed by atoms with Crippen LogP contribution in [0.15, 0.2) is 17.6 Å². The lowest BCUT2D eigenvalue weighted by Crippen LogP contribution is -1.94. The first-order chi connectivity index (χ1) is 6.09. The molecule has 0 bridgehead atoms. The number of hydrogen-bond donors (Lipinski definition) is 0. The summed E-state index contributed by atoms with van der Waals surface area (Å²) in [4.78, 5) is 17.4. The Balaban J connectivity index is 2.75. The predicted octanol–water partition coefficient (Wildman–Crippen LogP) is 1.89. The fraction of sp³-hybridized carbons (Fsp3) is 0.429. The largest absolute Gasteiger partial charge is 0.305 e. The number of rotatable bonds is 3. The van der Waals surface area contributed by atoms with E-state index in [2.05, 4.69) is 9.97 Å². The summed E-state index contributed by atoms with van der Waals surface area (Å²) in [5.41, 5.74) is -0.0758. The van der Waals surface area contributed by atoms with Crippen molar-refractivity contribution in [1.82, 2.24) is 9.97 Å². The summed E-state index contributed by atoms with van der Waals surface area (Å²) < 4.78 is 0. The molecule has 5 nitrogen and oxygen atoms in total. The average Bonchev–Trinajstić information content (AvgIpc) is 2.04. The number of thioether (sulfide) groups is 1. The smallest absolute Gasteiger partial charge is 0.258 e. The Kier molecular flexibility index (Phi) is 3.18. The normalized spacial score (nSPS) is 10.4. The highest BCUT2D eigenvalue weighted by Crippen LogP contribution is 2.19. The highest BCUT2D eigenvalue weighted by Gasteiger charge is 2.07. The summed E-state index contributed by atoms with van der Waals surface area (Å²) in [6, 6.07) is 0. The van der Waals surface area contributed by atoms with Gasteiger partial charge in [-0.2, -0.15) is 0 Å². The molecule has 0 saturated carbocycles. The van der Waals surface area contributed by atoms with Gasteiger partial charge in [-0.1, -0.05) is 25.6 Å². The van der Waals surface area contributed by atoms with E-state index in [-0.39, 0.29) is 5.69 Å². The van der Waals surface area contributed by atoms with Gasteiger partial charge in [-0.3, -0.25) is 10.1 Å². The summed E-state index contributed by atoms with van der Waals surface area (Å²) in [5, 5.41) is 11.2. The maximum Gasteiger partial charge on any atom is 0.305 e. The highest BCUT2D eigenvalue weighted by atomic mass is 32.2. The zero-order valence-electron chi connectivity index (χ0n) is 7.30. The molecule has 0 amide bonds. The third kappa shape index (κ3) is 2.98. The van der Waals surface area contributed by atoms with Gasteiger partial charge in [-0.05, 0) is 0 Å². The van der Waals surface area contributed by atoms with Crippen LogP contribution in [0, 0.1) is 10.1 Å². The molecule has 0 unspecified atom stereocenters. The zero-order chi connectivity index (χ0) is 9.84. The predicted molar refractivity (Wildman–Crippen MR) is 49.7 cm³/mol. The van der Waals surface area contributed by atoms with Crippen LogP contribution >= 0.6 is 11.8 Å². The van der Waals surface area contributed by atoms with E-state index >= 15 is 0 Å². The molecule has 1 rings (SSSR count). The fourth-order valence-corrected chi connectivity index (χ4v) is 1.32. The first-order valence-electron chi connectivity index (χ1n) is 3.72. The Morgan fingerprint density at radius 3 is 2.38 bits per heavy atom. The molecule has 1 heterocycles. The van der Waals surface area contributed by atoms with Gasteiger partial charge in [0.15, 0.2) is 5.16 Å². The van der Waals surface area contributed by atoms with Crippen molar-refractivity contribution in [3.05, 3.63) is 22.5 Å². The molecule has 0 N–H and O–H groups in total. The molecule has 0 aromatic carbocycles. The van der Waals surface area contributed by atoms with Crippen LogP contribution in [0.2, 0.25) is 0 Å². The van der Waals surface area contributed by atoms with Crippen molar-refractivity contribution in [2.45, 2.75) is 24.3 Å². The minimum absolute atomic E-state index is 0.0758. The molecule has 1 aromatic rings. The zero-order valence-corrected chi connectivity index (χ0v) is 8.11. The van der Waals surface area contributed by atoms with Crippen LogP contribution < -0.4 is 0 Å². The summed E-state index contributed by atoms with van der Waals surface area (Å²) in [7, 11) is 0. The molecule has 0 fully saturated rings. The molecule has 0 aliphatic carbocycles. The van der Waals surface area contributed by atoms with Crippen molar-refractivity contribution in [3.63, 3.8) is 0 Å². The molecule has 0 aliphatic heterocycles. The van der Waals surface area contributed by atoms with E-state index in [4.69, 9.17) is 0 Å². The summed E-state index contributed by atoms with van der Waals surface area (Å²) in [6.45, 7) is 4.02. The monoisotopic (exact) mass is 199 g/mol. The van der Waals surface area contributed by atoms with E-state index in [1.807, 2.05) is 13.8 Å². The van der Waals surface area contributed by atoms with Crippen LogP contribution in [-0.4, -0.2) is 20.1 Å². The fourth-order valence-electron chi connectivity index (χ4n) is 0.675. The van der Waals surface area contributed by atoms with Crippen molar-refractivity contribution in [1.29, 1.82) is 0 Å². The first-order valence-corrected chi connectivity index (χ1v) is 4.60. The standard InChI is InChI=1S/C7H9N3O2S/c1-5(2)13-7-8-3-6(4-9-7)10(11)12/h3-5H,1-2H3. The van der Waals surface area contributed by atoms with Crippen LogP contribution in [0.5, 0.6) is 0 Å². The Hall–Kier alpha value is -1.17. The summed E-state index contributed by atoms with van der Waals surface area (Å²) >= 11 is 1.47. The molecule has 0 saturated heterocycles. The quantitative estimate of drug-likeness (QED) is 0.322. The van der Waals surface area contributed by atoms with E-state index in [0.717, 1.165) is 0 Å². The Morgan fingerprint density at radius 2 is 2.00 bits per heavy atom. The lowest BCUT2D eigenvalue weighted by atomic mass is 10.6. The van der Waals surface area contributed by atoms with Crippen molar-refractivity contribution in [3.8, 4) is 0 Å². The van der Waals surface area contributed by atoms with Gasteiger partial charge in [-0.25, -0.2) is 9.97 Å². The van der Waals surface area contributed by atoms with Gasteiger partial charge in [0.05, 0.1) is 4.92 Å². The Morgan fingerprint density at radius 1 is 1.46 bits per heavy atom. The molecule has 0 spiro atoms. The third-order valence-electron chi connectivity index (χ3n) is 1.17. The molecular formula is C7H9N3O2S. The van der Waals surface area contributed by atoms with Gasteiger partial charge in [0.25, 0.3) is 0 Å². The van der Waals surface area contributed by atoms with Gasteiger partial charge >= 0.3 is 5.69 Å². The summed E-state index contributed by atoms with van der Waals surface area (Å²) in [6.07, 6.45) is 2.44. The van der Waals surface area contributed by atoms with Crippen LogP contribution in [0.4, 0.5) is 5.69 Å². The van der Waals surface area contributed by atoms with E-state index in [0.29, 0.717) is 10.4 Å². The number of nitrogens with zero attached hydrogens (tertiary/aromatic N) is 3. The van der Waals surface area contributed by atoms with Gasteiger partial charge in [0, 0.05) is 5.25 Å². The maximum atomic E-state index is 10.3. The van der Waals surface area contributed by atoms with Crippen molar-refractivity contribution in [2.24, 2.45) is 0 Å². The first kappa shape index (κ1) is 9.91. The van der Waals surface area contributed by atoms with Gasteiger partial charge in [0.2, 0.25) is 0 Å². The van der Waals surface area contributed by atoms with E-state index in [1.165, 1.54) is 24.2 Å². The highest BCUT2D eigenvalue weighted by molar-refractivity contribution is 7.99. The second-order valence-electron chi connectivity index (χ2n) is 2.65. The second kappa shape index (κ2) is 4.18. The molecule has 70 valence electrons. The van der Waals surface area contributed by atoms with E-state index in [1.54, 1.807) is 0 Å². The number of aromatic nitrogens is 2. The van der Waals surface area contributed by atoms with Crippen molar-refractivity contribution in [2.75, 3.05) is 0 Å². The number of hydrogen-bond acceptors (Lipinski definition) is 5. The van der Waals surface area contributed by atoms with E-state index in [9.17, 15) is 10.1 Å². The van der Waals surface area contributed by atoms with Crippen molar-refractivity contribution >= 4 is 17.4 Å². The van der Waals surface area contributed by atoms with Crippen LogP contribution in [0.1, 0.15) is 13.8 Å². The molecule has 0 aliphatic rings. The average molecular weight is 199 g/mol. The SMILES string of the molecule is CC(C)Sc1ncc([N+](=O)[O-])cn1. The Bertz CT molecular complexity index is 299. The lowest BCUT2D eigenvalue weighted by Gasteiger charge is -2.00. The van der Waals surface area contributed by atoms with Crippen molar-refractivity contribution < 1.29 is 4.92 Å². The van der Waals surface area contributed by atoms with Crippen LogP contribution in [-0.2, 0) is 0 Å². The molecule has 1 aromatic heterocycles. The van der Waals surface area contributed by atoms with E-state index < -0.39 is 4.92 Å². The molecule has 0 atom stereocenters. The van der Waals surface area contributed by atoms with Crippen LogP contribution in [0.25, 0.3) is 0 Å².